The van der Waals surface area contributed by atoms with Crippen LogP contribution in [0.4, 0.5) is 11.4 Å². The van der Waals surface area contributed by atoms with Crippen LogP contribution >= 0.6 is 0 Å². The van der Waals surface area contributed by atoms with Crippen molar-refractivity contribution in [2.45, 2.75) is 18.8 Å². The minimum absolute atomic E-state index is 0.133. The van der Waals surface area contributed by atoms with Gasteiger partial charge in [0.2, 0.25) is 0 Å². The molecule has 27 heavy (non-hydrogen) atoms. The zero-order valence-electron chi connectivity index (χ0n) is 15.0. The average Bonchev–Trinajstić information content (AvgIpc) is 3.14. The Labute approximate surface area is 156 Å². The first-order valence-electron chi connectivity index (χ1n) is 8.92. The molecule has 0 bridgehead atoms. The lowest BCUT2D eigenvalue weighted by molar-refractivity contribution is -0.384. The molecule has 1 fully saturated rings. The maximum Gasteiger partial charge on any atom is 0.293 e. The Morgan fingerprint density at radius 2 is 2.00 bits per heavy atom. The minimum atomic E-state index is -0.302. The maximum atomic E-state index is 11.7. The summed E-state index contributed by atoms with van der Waals surface area (Å²) >= 11 is 0. The number of benzene rings is 1. The van der Waals surface area contributed by atoms with Crippen LogP contribution in [0.2, 0.25) is 0 Å². The van der Waals surface area contributed by atoms with Crippen LogP contribution in [-0.2, 0) is 7.05 Å². The van der Waals surface area contributed by atoms with E-state index in [1.165, 1.54) is 0 Å². The fourth-order valence-corrected chi connectivity index (χ4v) is 3.79. The van der Waals surface area contributed by atoms with E-state index in [0.29, 0.717) is 11.6 Å². The maximum absolute atomic E-state index is 11.7. The van der Waals surface area contributed by atoms with Crippen molar-refractivity contribution in [3.63, 3.8) is 0 Å². The van der Waals surface area contributed by atoms with Gasteiger partial charge in [-0.1, -0.05) is 18.2 Å². The number of piperidine rings is 1. The van der Waals surface area contributed by atoms with Crippen molar-refractivity contribution >= 4 is 11.4 Å². The Balaban J connectivity index is 1.67. The number of pyridine rings is 1. The van der Waals surface area contributed by atoms with E-state index in [1.54, 1.807) is 30.9 Å². The first-order chi connectivity index (χ1) is 13.1. The van der Waals surface area contributed by atoms with Crippen molar-refractivity contribution in [1.82, 2.24) is 19.7 Å². The number of hydrogen-bond acceptors (Lipinski definition) is 6. The van der Waals surface area contributed by atoms with Gasteiger partial charge in [-0.05, 0) is 18.9 Å². The number of nitro groups is 1. The highest BCUT2D eigenvalue weighted by atomic mass is 16.6. The largest absolute Gasteiger partial charge is 0.365 e. The lowest BCUT2D eigenvalue weighted by Gasteiger charge is -2.34. The van der Waals surface area contributed by atoms with Gasteiger partial charge in [0.15, 0.2) is 0 Å². The number of rotatable bonds is 4. The summed E-state index contributed by atoms with van der Waals surface area (Å²) in [6.45, 7) is 1.46. The van der Waals surface area contributed by atoms with Gasteiger partial charge in [-0.2, -0.15) is 0 Å². The van der Waals surface area contributed by atoms with Crippen LogP contribution in [0.5, 0.6) is 0 Å². The van der Waals surface area contributed by atoms with Crippen LogP contribution in [0.25, 0.3) is 11.1 Å². The highest BCUT2D eigenvalue weighted by molar-refractivity contribution is 5.85. The summed E-state index contributed by atoms with van der Waals surface area (Å²) in [5, 5.41) is 19.9. The highest BCUT2D eigenvalue weighted by Crippen LogP contribution is 2.40. The molecule has 3 heterocycles. The molecule has 0 saturated carbocycles. The predicted octanol–water partition coefficient (Wildman–Crippen LogP) is 3.17. The van der Waals surface area contributed by atoms with Gasteiger partial charge in [-0.3, -0.25) is 15.1 Å². The molecule has 8 heteroatoms. The second-order valence-corrected chi connectivity index (χ2v) is 6.73. The zero-order chi connectivity index (χ0) is 18.8. The summed E-state index contributed by atoms with van der Waals surface area (Å²) in [6.07, 6.45) is 6.92. The number of aryl methyl sites for hydroxylation is 1. The van der Waals surface area contributed by atoms with Crippen molar-refractivity contribution < 1.29 is 4.92 Å². The molecule has 1 aliphatic rings. The minimum Gasteiger partial charge on any atom is -0.365 e. The van der Waals surface area contributed by atoms with Crippen LogP contribution < -0.4 is 4.90 Å². The third-order valence-corrected chi connectivity index (χ3v) is 5.11. The lowest BCUT2D eigenvalue weighted by atomic mass is 9.94. The number of hydrogen-bond donors (Lipinski definition) is 0. The molecule has 0 spiro atoms. The summed E-state index contributed by atoms with van der Waals surface area (Å²) < 4.78 is 1.95. The first-order valence-corrected chi connectivity index (χ1v) is 8.92. The van der Waals surface area contributed by atoms with E-state index in [9.17, 15) is 10.1 Å². The standard InChI is InChI=1S/C19H20N6O2/c1-23-13-21-22-19(23)14-7-10-24(11-8-14)18-16(15-4-3-9-20-12-15)5-2-6-17(18)25(26)27/h2-6,9,12-14H,7-8,10-11H2,1H3. The molecule has 0 amide bonds. The van der Waals surface area contributed by atoms with E-state index >= 15 is 0 Å². The van der Waals surface area contributed by atoms with Gasteiger partial charge in [0, 0.05) is 55.6 Å². The molecule has 1 saturated heterocycles. The van der Waals surface area contributed by atoms with Crippen molar-refractivity contribution in [3.05, 3.63) is 65.0 Å². The van der Waals surface area contributed by atoms with Crippen LogP contribution in [0.1, 0.15) is 24.6 Å². The zero-order valence-corrected chi connectivity index (χ0v) is 15.0. The van der Waals surface area contributed by atoms with Crippen molar-refractivity contribution in [2.75, 3.05) is 18.0 Å². The number of nitro benzene ring substituents is 1. The number of aromatic nitrogens is 4. The summed E-state index contributed by atoms with van der Waals surface area (Å²) in [7, 11) is 1.95. The second-order valence-electron chi connectivity index (χ2n) is 6.73. The molecule has 138 valence electrons. The third kappa shape index (κ3) is 3.25. The molecule has 0 N–H and O–H groups in total. The summed E-state index contributed by atoms with van der Waals surface area (Å²) in [4.78, 5) is 17.7. The van der Waals surface area contributed by atoms with Crippen molar-refractivity contribution in [1.29, 1.82) is 0 Å². The van der Waals surface area contributed by atoms with E-state index < -0.39 is 0 Å². The van der Waals surface area contributed by atoms with Crippen molar-refractivity contribution in [2.24, 2.45) is 7.05 Å². The van der Waals surface area contributed by atoms with Gasteiger partial charge >= 0.3 is 0 Å². The molecule has 3 aromatic rings. The van der Waals surface area contributed by atoms with Gasteiger partial charge in [0.25, 0.3) is 5.69 Å². The Kier molecular flexibility index (Phi) is 4.53. The van der Waals surface area contributed by atoms with Gasteiger partial charge in [0.1, 0.15) is 17.8 Å². The summed E-state index contributed by atoms with van der Waals surface area (Å²) in [6, 6.07) is 9.01. The van der Waals surface area contributed by atoms with E-state index in [2.05, 4.69) is 20.1 Å². The molecular weight excluding hydrogens is 344 g/mol. The average molecular weight is 364 g/mol. The molecule has 2 aromatic heterocycles. The highest BCUT2D eigenvalue weighted by Gasteiger charge is 2.29. The fraction of sp³-hybridized carbons (Fsp3) is 0.316. The van der Waals surface area contributed by atoms with E-state index in [-0.39, 0.29) is 10.6 Å². The van der Waals surface area contributed by atoms with Gasteiger partial charge in [-0.25, -0.2) is 0 Å². The normalized spacial score (nSPS) is 15.1. The van der Waals surface area contributed by atoms with Gasteiger partial charge in [-0.15, -0.1) is 10.2 Å². The summed E-state index contributed by atoms with van der Waals surface area (Å²) in [5.41, 5.74) is 2.53. The van der Waals surface area contributed by atoms with E-state index in [0.717, 1.165) is 42.9 Å². The SMILES string of the molecule is Cn1cnnc1C1CCN(c2c(-c3cccnc3)cccc2[N+](=O)[O-])CC1. The van der Waals surface area contributed by atoms with Gasteiger partial charge < -0.3 is 9.47 Å². The number of nitrogens with zero attached hydrogens (tertiary/aromatic N) is 6. The smallest absolute Gasteiger partial charge is 0.293 e. The van der Waals surface area contributed by atoms with Gasteiger partial charge in [0.05, 0.1) is 4.92 Å². The van der Waals surface area contributed by atoms with Crippen LogP contribution in [0.3, 0.4) is 0 Å². The molecular formula is C19H20N6O2. The van der Waals surface area contributed by atoms with Crippen LogP contribution in [0, 0.1) is 10.1 Å². The first kappa shape index (κ1) is 17.1. The molecule has 4 rings (SSSR count). The Bertz CT molecular complexity index is 948. The molecule has 0 aliphatic carbocycles. The number of anilines is 1. The third-order valence-electron chi connectivity index (χ3n) is 5.11. The van der Waals surface area contributed by atoms with Crippen LogP contribution in [-0.4, -0.2) is 37.8 Å². The Hall–Kier alpha value is -3.29. The van der Waals surface area contributed by atoms with Crippen LogP contribution in [0.15, 0.2) is 49.1 Å². The molecule has 0 atom stereocenters. The molecule has 1 aliphatic heterocycles. The topological polar surface area (TPSA) is 90.0 Å². The summed E-state index contributed by atoms with van der Waals surface area (Å²) in [5.74, 6) is 1.29. The molecule has 0 radical (unpaired) electrons. The molecule has 1 aromatic carbocycles. The second kappa shape index (κ2) is 7.14. The lowest BCUT2D eigenvalue weighted by Crippen LogP contribution is -2.34. The van der Waals surface area contributed by atoms with E-state index in [4.69, 9.17) is 0 Å². The van der Waals surface area contributed by atoms with E-state index in [1.807, 2.05) is 29.8 Å². The number of para-hydroxylation sites is 1. The fourth-order valence-electron chi connectivity index (χ4n) is 3.79. The Morgan fingerprint density at radius 3 is 2.63 bits per heavy atom. The molecule has 0 unspecified atom stereocenters. The Morgan fingerprint density at radius 1 is 1.19 bits per heavy atom. The quantitative estimate of drug-likeness (QED) is 0.522. The molecule has 8 nitrogen and oxygen atoms in total. The predicted molar refractivity (Wildman–Crippen MR) is 102 cm³/mol. The van der Waals surface area contributed by atoms with Crippen molar-refractivity contribution in [3.8, 4) is 11.1 Å². The monoisotopic (exact) mass is 364 g/mol.